The summed E-state index contributed by atoms with van der Waals surface area (Å²) in [5.41, 5.74) is 0. The summed E-state index contributed by atoms with van der Waals surface area (Å²) in [6, 6.07) is 6.44. The van der Waals surface area contributed by atoms with Crippen LogP contribution in [0.25, 0.3) is 0 Å². The predicted molar refractivity (Wildman–Crippen MR) is 107 cm³/mol. The van der Waals surface area contributed by atoms with E-state index in [1.54, 1.807) is 18.2 Å². The van der Waals surface area contributed by atoms with Crippen molar-refractivity contribution in [3.63, 3.8) is 0 Å². The smallest absolute Gasteiger partial charge is 0.193 e. The van der Waals surface area contributed by atoms with Crippen LogP contribution in [0.15, 0.2) is 29.3 Å². The molecule has 1 aliphatic heterocycles. The van der Waals surface area contributed by atoms with Crippen molar-refractivity contribution in [3.05, 3.63) is 30.1 Å². The molecule has 1 aliphatic rings. The lowest BCUT2D eigenvalue weighted by atomic mass is 10.1. The molecule has 2 rings (SSSR count). The molecule has 0 aliphatic carbocycles. The van der Waals surface area contributed by atoms with E-state index in [0.717, 1.165) is 57.9 Å². The Morgan fingerprint density at radius 2 is 2.11 bits per heavy atom. The standard InChI is InChI=1S/C20H33FN4O2/c1-3-22-20(23-11-6-12-25-13-9-17(26)10-14-25)24(2)15-16-27-19-8-5-4-7-18(19)21/h4-5,7-8,17,26H,3,6,9-16H2,1-2H3,(H,22,23). The van der Waals surface area contributed by atoms with Crippen molar-refractivity contribution >= 4 is 5.96 Å². The molecule has 2 N–H and O–H groups in total. The third-order valence-electron chi connectivity index (χ3n) is 4.67. The van der Waals surface area contributed by atoms with Gasteiger partial charge in [-0.15, -0.1) is 0 Å². The van der Waals surface area contributed by atoms with Crippen molar-refractivity contribution in [1.82, 2.24) is 15.1 Å². The normalized spacial score (nSPS) is 16.4. The summed E-state index contributed by atoms with van der Waals surface area (Å²) in [6.07, 6.45) is 2.61. The molecule has 0 atom stereocenters. The van der Waals surface area contributed by atoms with Crippen molar-refractivity contribution in [2.75, 3.05) is 52.9 Å². The number of ether oxygens (including phenoxy) is 1. The first kappa shape index (κ1) is 21.4. The van der Waals surface area contributed by atoms with Crippen molar-refractivity contribution < 1.29 is 14.2 Å². The van der Waals surface area contributed by atoms with Gasteiger partial charge in [-0.3, -0.25) is 4.99 Å². The highest BCUT2D eigenvalue weighted by Crippen LogP contribution is 2.15. The van der Waals surface area contributed by atoms with Crippen molar-refractivity contribution in [2.45, 2.75) is 32.3 Å². The van der Waals surface area contributed by atoms with Gasteiger partial charge in [0.05, 0.1) is 12.6 Å². The molecule has 0 amide bonds. The Labute approximate surface area is 162 Å². The van der Waals surface area contributed by atoms with E-state index in [2.05, 4.69) is 15.2 Å². The van der Waals surface area contributed by atoms with E-state index in [1.165, 1.54) is 6.07 Å². The molecule has 0 spiro atoms. The lowest BCUT2D eigenvalue weighted by molar-refractivity contribution is 0.0824. The minimum atomic E-state index is -0.342. The quantitative estimate of drug-likeness (QED) is 0.390. The number of rotatable bonds is 9. The van der Waals surface area contributed by atoms with E-state index >= 15 is 0 Å². The van der Waals surface area contributed by atoms with Gasteiger partial charge < -0.3 is 25.0 Å². The zero-order valence-corrected chi connectivity index (χ0v) is 16.5. The largest absolute Gasteiger partial charge is 0.489 e. The number of likely N-dealkylation sites (N-methyl/N-ethyl adjacent to an activating group) is 1. The highest BCUT2D eigenvalue weighted by atomic mass is 19.1. The maximum absolute atomic E-state index is 13.6. The molecule has 0 bridgehead atoms. The molecule has 1 heterocycles. The summed E-state index contributed by atoms with van der Waals surface area (Å²) in [5, 5.41) is 12.8. The van der Waals surface area contributed by atoms with Crippen LogP contribution in [0.1, 0.15) is 26.2 Å². The average Bonchev–Trinajstić information content (AvgIpc) is 2.67. The van der Waals surface area contributed by atoms with Crippen molar-refractivity contribution in [2.24, 2.45) is 4.99 Å². The minimum absolute atomic E-state index is 0.125. The first-order valence-corrected chi connectivity index (χ1v) is 9.87. The molecular weight excluding hydrogens is 347 g/mol. The number of piperidine rings is 1. The van der Waals surface area contributed by atoms with Crippen molar-refractivity contribution in [1.29, 1.82) is 0 Å². The second-order valence-corrected chi connectivity index (χ2v) is 6.86. The van der Waals surface area contributed by atoms with Gasteiger partial charge in [-0.2, -0.15) is 0 Å². The number of guanidine groups is 1. The summed E-state index contributed by atoms with van der Waals surface area (Å²) in [4.78, 5) is 9.07. The van der Waals surface area contributed by atoms with E-state index in [4.69, 9.17) is 4.74 Å². The maximum atomic E-state index is 13.6. The number of para-hydroxylation sites is 1. The Morgan fingerprint density at radius 1 is 1.37 bits per heavy atom. The van der Waals surface area contributed by atoms with E-state index in [0.29, 0.717) is 13.2 Å². The molecule has 0 saturated carbocycles. The molecule has 1 aromatic rings. The zero-order chi connectivity index (χ0) is 19.5. The summed E-state index contributed by atoms with van der Waals surface area (Å²) in [6.45, 7) is 7.54. The van der Waals surface area contributed by atoms with Gasteiger partial charge >= 0.3 is 0 Å². The number of hydrogen-bond acceptors (Lipinski definition) is 4. The average molecular weight is 381 g/mol. The summed E-state index contributed by atoms with van der Waals surface area (Å²) < 4.78 is 19.1. The molecule has 6 nitrogen and oxygen atoms in total. The van der Waals surface area contributed by atoms with Gasteiger partial charge in [0.2, 0.25) is 0 Å². The highest BCUT2D eigenvalue weighted by molar-refractivity contribution is 5.79. The second-order valence-electron chi connectivity index (χ2n) is 6.86. The zero-order valence-electron chi connectivity index (χ0n) is 16.5. The first-order valence-electron chi connectivity index (χ1n) is 9.87. The van der Waals surface area contributed by atoms with Crippen LogP contribution in [0.2, 0.25) is 0 Å². The van der Waals surface area contributed by atoms with Gasteiger partial charge in [0.25, 0.3) is 0 Å². The van der Waals surface area contributed by atoms with E-state index in [1.807, 2.05) is 18.9 Å². The first-order chi connectivity index (χ1) is 13.1. The van der Waals surface area contributed by atoms with Gasteiger partial charge in [-0.1, -0.05) is 12.1 Å². The van der Waals surface area contributed by atoms with Crippen LogP contribution in [0.3, 0.4) is 0 Å². The lowest BCUT2D eigenvalue weighted by Crippen LogP contribution is -2.41. The maximum Gasteiger partial charge on any atom is 0.193 e. The number of aliphatic imine (C=N–C) groups is 1. The summed E-state index contributed by atoms with van der Waals surface area (Å²) >= 11 is 0. The van der Waals surface area contributed by atoms with Crippen LogP contribution >= 0.6 is 0 Å². The Balaban J connectivity index is 1.71. The third-order valence-corrected chi connectivity index (χ3v) is 4.67. The molecule has 152 valence electrons. The Hall–Kier alpha value is -1.86. The molecule has 27 heavy (non-hydrogen) atoms. The van der Waals surface area contributed by atoms with Crippen LogP contribution in [-0.4, -0.2) is 79.9 Å². The molecular formula is C20H33FN4O2. The van der Waals surface area contributed by atoms with Crippen LogP contribution < -0.4 is 10.1 Å². The topological polar surface area (TPSA) is 60.3 Å². The fourth-order valence-corrected chi connectivity index (χ4v) is 3.05. The Morgan fingerprint density at radius 3 is 2.81 bits per heavy atom. The summed E-state index contributed by atoms with van der Waals surface area (Å²) in [5.74, 6) is 0.772. The fourth-order valence-electron chi connectivity index (χ4n) is 3.05. The number of halogens is 1. The monoisotopic (exact) mass is 380 g/mol. The number of aliphatic hydroxyl groups is 1. The van der Waals surface area contributed by atoms with E-state index < -0.39 is 0 Å². The van der Waals surface area contributed by atoms with E-state index in [9.17, 15) is 9.50 Å². The Kier molecular flexibility index (Phi) is 9.35. The molecule has 1 saturated heterocycles. The van der Waals surface area contributed by atoms with Gasteiger partial charge in [-0.25, -0.2) is 4.39 Å². The Bertz CT molecular complexity index is 577. The fraction of sp³-hybridized carbons (Fsp3) is 0.650. The second kappa shape index (κ2) is 11.8. The number of nitrogens with zero attached hydrogens (tertiary/aromatic N) is 3. The minimum Gasteiger partial charge on any atom is -0.489 e. The number of hydrogen-bond donors (Lipinski definition) is 2. The van der Waals surface area contributed by atoms with Gasteiger partial charge in [0.15, 0.2) is 17.5 Å². The van der Waals surface area contributed by atoms with Gasteiger partial charge in [0, 0.05) is 33.2 Å². The molecule has 0 aromatic heterocycles. The third kappa shape index (κ3) is 7.72. The van der Waals surface area contributed by atoms with E-state index in [-0.39, 0.29) is 17.7 Å². The number of aliphatic hydroxyl groups excluding tert-OH is 1. The molecule has 7 heteroatoms. The van der Waals surface area contributed by atoms with Crippen LogP contribution in [0.5, 0.6) is 5.75 Å². The van der Waals surface area contributed by atoms with Gasteiger partial charge in [0.1, 0.15) is 6.61 Å². The SMILES string of the molecule is CCNC(=NCCCN1CCC(O)CC1)N(C)CCOc1ccccc1F. The number of benzene rings is 1. The number of likely N-dealkylation sites (tertiary alicyclic amines) is 1. The summed E-state index contributed by atoms with van der Waals surface area (Å²) in [7, 11) is 1.96. The van der Waals surface area contributed by atoms with Crippen LogP contribution in [0, 0.1) is 5.82 Å². The van der Waals surface area contributed by atoms with Crippen molar-refractivity contribution in [3.8, 4) is 5.75 Å². The molecule has 0 unspecified atom stereocenters. The molecule has 0 radical (unpaired) electrons. The predicted octanol–water partition coefficient (Wildman–Crippen LogP) is 1.95. The number of nitrogens with one attached hydrogen (secondary N) is 1. The van der Waals surface area contributed by atoms with Crippen LogP contribution in [0.4, 0.5) is 4.39 Å². The highest BCUT2D eigenvalue weighted by Gasteiger charge is 2.16. The molecule has 1 fully saturated rings. The van der Waals surface area contributed by atoms with Crippen LogP contribution in [-0.2, 0) is 0 Å². The molecule has 1 aromatic carbocycles. The lowest BCUT2D eigenvalue weighted by Gasteiger charge is -2.29. The van der Waals surface area contributed by atoms with Gasteiger partial charge in [-0.05, 0) is 44.9 Å².